The molecule has 1 aliphatic heterocycles. The van der Waals surface area contributed by atoms with E-state index in [9.17, 15) is 10.1 Å². The van der Waals surface area contributed by atoms with Crippen molar-refractivity contribution in [3.63, 3.8) is 0 Å². The Morgan fingerprint density at radius 3 is 2.54 bits per heavy atom. The number of benzene rings is 1. The van der Waals surface area contributed by atoms with Gasteiger partial charge in [-0.3, -0.25) is 4.79 Å². The summed E-state index contributed by atoms with van der Waals surface area (Å²) in [7, 11) is 3.09. The zero-order valence-electron chi connectivity index (χ0n) is 16.0. The first-order chi connectivity index (χ1) is 13.5. The molecule has 1 aliphatic carbocycles. The van der Waals surface area contributed by atoms with Gasteiger partial charge >= 0.3 is 0 Å². The van der Waals surface area contributed by atoms with E-state index in [1.165, 1.54) is 0 Å². The molecule has 4 rings (SSSR count). The Hall–Kier alpha value is -3.40. The molecule has 1 aromatic carbocycles. The van der Waals surface area contributed by atoms with Gasteiger partial charge < -0.3 is 24.5 Å². The second kappa shape index (κ2) is 6.64. The monoisotopic (exact) mass is 379 g/mol. The van der Waals surface area contributed by atoms with E-state index in [2.05, 4.69) is 6.07 Å². The van der Waals surface area contributed by atoms with Crippen LogP contribution in [0.15, 0.2) is 40.5 Å². The molecule has 28 heavy (non-hydrogen) atoms. The van der Waals surface area contributed by atoms with Gasteiger partial charge in [0.05, 0.1) is 25.7 Å². The van der Waals surface area contributed by atoms with Gasteiger partial charge in [-0.15, -0.1) is 0 Å². The Labute approximate surface area is 162 Å². The van der Waals surface area contributed by atoms with Crippen molar-refractivity contribution in [1.82, 2.24) is 4.57 Å². The number of nitrogens with zero attached hydrogens (tertiary/aromatic N) is 2. The molecule has 144 valence electrons. The average Bonchev–Trinajstić information content (AvgIpc) is 3.51. The van der Waals surface area contributed by atoms with E-state index < -0.39 is 5.92 Å². The minimum atomic E-state index is -0.633. The number of ether oxygens (including phenoxy) is 3. The predicted molar refractivity (Wildman–Crippen MR) is 103 cm³/mol. The van der Waals surface area contributed by atoms with Crippen LogP contribution in [-0.4, -0.2) is 18.8 Å². The number of nitriles is 1. The second-order valence-electron chi connectivity index (χ2n) is 7.01. The molecule has 0 amide bonds. The summed E-state index contributed by atoms with van der Waals surface area (Å²) in [6, 6.07) is 9.49. The maximum atomic E-state index is 13.4. The number of nitrogens with two attached hydrogens (primary N) is 1. The Balaban J connectivity index is 1.98. The molecule has 1 fully saturated rings. The zero-order chi connectivity index (χ0) is 20.0. The highest BCUT2D eigenvalue weighted by molar-refractivity contribution is 5.57. The van der Waals surface area contributed by atoms with Crippen molar-refractivity contribution in [1.29, 1.82) is 5.26 Å². The summed E-state index contributed by atoms with van der Waals surface area (Å²) >= 11 is 0. The van der Waals surface area contributed by atoms with Gasteiger partial charge in [-0.25, -0.2) is 0 Å². The molecule has 2 aromatic rings. The summed E-state index contributed by atoms with van der Waals surface area (Å²) in [5.41, 5.74) is 8.07. The molecule has 1 saturated carbocycles. The lowest BCUT2D eigenvalue weighted by Gasteiger charge is -2.27. The molecule has 0 radical (unpaired) electrons. The number of pyridine rings is 1. The van der Waals surface area contributed by atoms with Crippen LogP contribution in [-0.2, 0) is 0 Å². The molecule has 0 unspecified atom stereocenters. The van der Waals surface area contributed by atoms with Crippen molar-refractivity contribution in [2.45, 2.75) is 31.7 Å². The van der Waals surface area contributed by atoms with Crippen molar-refractivity contribution >= 4 is 0 Å². The minimum Gasteiger partial charge on any atom is -0.493 e. The van der Waals surface area contributed by atoms with Crippen LogP contribution in [0, 0.1) is 18.3 Å². The quantitative estimate of drug-likeness (QED) is 0.877. The number of allylic oxidation sites excluding steroid dienone is 1. The normalized spacial score (nSPS) is 18.1. The molecule has 2 heterocycles. The highest BCUT2D eigenvalue weighted by Crippen LogP contribution is 2.44. The molecule has 0 spiro atoms. The van der Waals surface area contributed by atoms with Crippen LogP contribution in [0.2, 0.25) is 0 Å². The summed E-state index contributed by atoms with van der Waals surface area (Å²) in [5, 5.41) is 9.75. The lowest BCUT2D eigenvalue weighted by atomic mass is 9.84. The Bertz CT molecular complexity index is 1090. The summed E-state index contributed by atoms with van der Waals surface area (Å²) in [6.07, 6.45) is 1.95. The van der Waals surface area contributed by atoms with E-state index in [0.717, 1.165) is 18.5 Å². The van der Waals surface area contributed by atoms with Crippen molar-refractivity contribution in [2.75, 3.05) is 14.2 Å². The fourth-order valence-corrected chi connectivity index (χ4v) is 3.81. The van der Waals surface area contributed by atoms with Crippen LogP contribution >= 0.6 is 0 Å². The maximum Gasteiger partial charge on any atom is 0.258 e. The number of fused-ring (bicyclic) bond motifs is 1. The molecule has 7 heteroatoms. The fourth-order valence-electron chi connectivity index (χ4n) is 3.81. The van der Waals surface area contributed by atoms with E-state index in [0.29, 0.717) is 28.4 Å². The Morgan fingerprint density at radius 1 is 1.21 bits per heavy atom. The number of rotatable bonds is 4. The zero-order valence-corrected chi connectivity index (χ0v) is 16.0. The standard InChI is InChI=1S/C21H21N3O4/c1-11-8-17-19(21(25)24(11)13-5-6-13)18(14(10-22)20(23)28-17)12-4-7-15(26-2)16(9-12)27-3/h4,7-9,13,18H,5-6,23H2,1-3H3/t18-/m0/s1. The number of hydrogen-bond donors (Lipinski definition) is 1. The van der Waals surface area contributed by atoms with Gasteiger partial charge in [0.15, 0.2) is 11.5 Å². The third kappa shape index (κ3) is 2.69. The van der Waals surface area contributed by atoms with Gasteiger partial charge in [-0.2, -0.15) is 5.26 Å². The molecule has 7 nitrogen and oxygen atoms in total. The highest BCUT2D eigenvalue weighted by Gasteiger charge is 2.37. The van der Waals surface area contributed by atoms with Crippen molar-refractivity contribution in [3.8, 4) is 23.3 Å². The number of hydrogen-bond acceptors (Lipinski definition) is 6. The minimum absolute atomic E-state index is 0.0118. The molecule has 0 bridgehead atoms. The molecule has 1 aromatic heterocycles. The smallest absolute Gasteiger partial charge is 0.258 e. The van der Waals surface area contributed by atoms with Gasteiger partial charge in [0, 0.05) is 17.8 Å². The van der Waals surface area contributed by atoms with Gasteiger partial charge in [0.25, 0.3) is 5.56 Å². The first kappa shape index (κ1) is 18.0. The second-order valence-corrected chi connectivity index (χ2v) is 7.01. The molecule has 2 aliphatic rings. The lowest BCUT2D eigenvalue weighted by molar-refractivity contribution is 0.354. The van der Waals surface area contributed by atoms with E-state index in [4.69, 9.17) is 19.9 Å². The van der Waals surface area contributed by atoms with Crippen LogP contribution in [0.5, 0.6) is 17.2 Å². The third-order valence-corrected chi connectivity index (χ3v) is 5.27. The van der Waals surface area contributed by atoms with Crippen LogP contribution in [0.4, 0.5) is 0 Å². The SMILES string of the molecule is COc1ccc([C@H]2C(C#N)=C(N)Oc3cc(C)n(C4CC4)c(=O)c32)cc1OC. The molecular weight excluding hydrogens is 358 g/mol. The van der Waals surface area contributed by atoms with Crippen LogP contribution in [0.25, 0.3) is 0 Å². The van der Waals surface area contributed by atoms with Gasteiger partial charge in [-0.05, 0) is 37.5 Å². The van der Waals surface area contributed by atoms with Gasteiger partial charge in [0.1, 0.15) is 17.4 Å². The van der Waals surface area contributed by atoms with E-state index in [-0.39, 0.29) is 23.1 Å². The fraction of sp³-hybridized carbons (Fsp3) is 0.333. The first-order valence-electron chi connectivity index (χ1n) is 9.05. The molecule has 1 atom stereocenters. The number of aryl methyl sites for hydroxylation is 1. The molecule has 0 saturated heterocycles. The lowest BCUT2D eigenvalue weighted by Crippen LogP contribution is -2.32. The maximum absolute atomic E-state index is 13.4. The van der Waals surface area contributed by atoms with Crippen molar-refractivity contribution < 1.29 is 14.2 Å². The summed E-state index contributed by atoms with van der Waals surface area (Å²) in [4.78, 5) is 13.4. The van der Waals surface area contributed by atoms with Crippen molar-refractivity contribution in [2.24, 2.45) is 5.73 Å². The van der Waals surface area contributed by atoms with Gasteiger partial charge in [0.2, 0.25) is 5.88 Å². The largest absolute Gasteiger partial charge is 0.493 e. The van der Waals surface area contributed by atoms with Crippen molar-refractivity contribution in [3.05, 3.63) is 62.9 Å². The van der Waals surface area contributed by atoms with E-state index >= 15 is 0 Å². The summed E-state index contributed by atoms with van der Waals surface area (Å²) in [5.74, 6) is 0.854. The average molecular weight is 379 g/mol. The Morgan fingerprint density at radius 2 is 1.93 bits per heavy atom. The van der Waals surface area contributed by atoms with Crippen LogP contribution in [0.3, 0.4) is 0 Å². The van der Waals surface area contributed by atoms with Crippen LogP contribution in [0.1, 0.15) is 41.6 Å². The van der Waals surface area contributed by atoms with E-state index in [1.807, 2.05) is 19.1 Å². The number of methoxy groups -OCH3 is 2. The third-order valence-electron chi connectivity index (χ3n) is 5.27. The van der Waals surface area contributed by atoms with Crippen LogP contribution < -0.4 is 25.5 Å². The topological polar surface area (TPSA) is 99.5 Å². The molecular formula is C21H21N3O4. The Kier molecular flexibility index (Phi) is 4.27. The number of aromatic nitrogens is 1. The molecule has 2 N–H and O–H groups in total. The highest BCUT2D eigenvalue weighted by atomic mass is 16.5. The van der Waals surface area contributed by atoms with Gasteiger partial charge in [-0.1, -0.05) is 6.07 Å². The van der Waals surface area contributed by atoms with E-state index in [1.54, 1.807) is 30.9 Å². The summed E-state index contributed by atoms with van der Waals surface area (Å²) in [6.45, 7) is 1.88. The first-order valence-corrected chi connectivity index (χ1v) is 9.05. The predicted octanol–water partition coefficient (Wildman–Crippen LogP) is 2.73. The summed E-state index contributed by atoms with van der Waals surface area (Å²) < 4.78 is 18.2.